The topological polar surface area (TPSA) is 20.3 Å². The zero-order valence-electron chi connectivity index (χ0n) is 16.4. The van der Waals surface area contributed by atoms with Gasteiger partial charge in [-0.05, 0) is 34.9 Å². The van der Waals surface area contributed by atoms with E-state index in [9.17, 15) is 4.79 Å². The average Bonchev–Trinajstić information content (AvgIpc) is 3.03. The molecule has 2 nitrogen and oxygen atoms in total. The number of carbonyl (C=O) groups excluding carboxylic acids is 1. The van der Waals surface area contributed by atoms with E-state index in [0.29, 0.717) is 5.02 Å². The Labute approximate surface area is 171 Å². The molecule has 3 aromatic rings. The number of hydrogen-bond acceptors (Lipinski definition) is 1. The van der Waals surface area contributed by atoms with Crippen molar-refractivity contribution in [3.8, 4) is 0 Å². The summed E-state index contributed by atoms with van der Waals surface area (Å²) in [4.78, 5) is 15.6. The second-order valence-corrected chi connectivity index (χ2v) is 8.81. The number of fused-ring (bicyclic) bond motifs is 1. The van der Waals surface area contributed by atoms with Crippen LogP contribution in [0, 0.1) is 5.41 Å². The van der Waals surface area contributed by atoms with Crippen LogP contribution in [0.25, 0.3) is 0 Å². The molecule has 0 radical (unpaired) electrons. The Bertz CT molecular complexity index is 989. The summed E-state index contributed by atoms with van der Waals surface area (Å²) in [6.07, 6.45) is 0. The number of anilines is 1. The largest absolute Gasteiger partial charge is 0.303 e. The molecule has 1 amide bonds. The smallest absolute Gasteiger partial charge is 0.232 e. The van der Waals surface area contributed by atoms with Gasteiger partial charge >= 0.3 is 0 Å². The van der Waals surface area contributed by atoms with Crippen LogP contribution in [0.1, 0.15) is 49.4 Å². The molecule has 4 rings (SSSR count). The van der Waals surface area contributed by atoms with Crippen molar-refractivity contribution in [3.63, 3.8) is 0 Å². The van der Waals surface area contributed by atoms with Crippen molar-refractivity contribution in [3.05, 3.63) is 101 Å². The molecule has 0 unspecified atom stereocenters. The molecule has 0 bridgehead atoms. The first-order valence-electron chi connectivity index (χ1n) is 9.61. The van der Waals surface area contributed by atoms with Crippen LogP contribution < -0.4 is 4.90 Å². The molecular formula is C25H24ClNO. The average molecular weight is 390 g/mol. The number of carbonyl (C=O) groups is 1. The first-order valence-corrected chi connectivity index (χ1v) is 9.99. The van der Waals surface area contributed by atoms with Gasteiger partial charge in [-0.1, -0.05) is 93.0 Å². The first-order chi connectivity index (χ1) is 13.4. The van der Waals surface area contributed by atoms with Crippen molar-refractivity contribution in [1.29, 1.82) is 0 Å². The molecule has 0 saturated heterocycles. The van der Waals surface area contributed by atoms with Gasteiger partial charge in [-0.15, -0.1) is 0 Å². The third-order valence-electron chi connectivity index (χ3n) is 5.36. The molecule has 28 heavy (non-hydrogen) atoms. The highest BCUT2D eigenvalue weighted by Crippen LogP contribution is 2.53. The zero-order valence-corrected chi connectivity index (χ0v) is 17.1. The molecule has 3 heteroatoms. The van der Waals surface area contributed by atoms with Gasteiger partial charge in [-0.25, -0.2) is 0 Å². The summed E-state index contributed by atoms with van der Waals surface area (Å²) in [5.74, 6) is 0.197. The Balaban J connectivity index is 1.95. The van der Waals surface area contributed by atoms with Crippen LogP contribution in [0.4, 0.5) is 5.69 Å². The summed E-state index contributed by atoms with van der Waals surface area (Å²) in [6.45, 7) is 5.94. The van der Waals surface area contributed by atoms with Gasteiger partial charge in [0.05, 0.1) is 6.04 Å². The maximum absolute atomic E-state index is 13.6. The highest BCUT2D eigenvalue weighted by molar-refractivity contribution is 6.30. The van der Waals surface area contributed by atoms with Gasteiger partial charge in [0, 0.05) is 22.0 Å². The summed E-state index contributed by atoms with van der Waals surface area (Å²) in [6, 6.07) is 26.5. The van der Waals surface area contributed by atoms with Gasteiger partial charge in [-0.2, -0.15) is 0 Å². The van der Waals surface area contributed by atoms with E-state index in [2.05, 4.69) is 42.5 Å². The quantitative estimate of drug-likeness (QED) is 0.483. The van der Waals surface area contributed by atoms with E-state index in [4.69, 9.17) is 11.6 Å². The SMILES string of the molecule is CC(C)(C)C(=O)N1c2ccccc2[C@@H](c2ccccc2)[C@@H]1c1ccc(Cl)cc1. The molecule has 0 saturated carbocycles. The third-order valence-corrected chi connectivity index (χ3v) is 5.61. The van der Waals surface area contributed by atoms with E-state index in [1.54, 1.807) is 0 Å². The lowest BCUT2D eigenvalue weighted by atomic mass is 9.84. The molecule has 1 heterocycles. The summed E-state index contributed by atoms with van der Waals surface area (Å²) in [5, 5.41) is 0.698. The number of hydrogen-bond donors (Lipinski definition) is 0. The Hall–Kier alpha value is -2.58. The number of amides is 1. The Morgan fingerprint density at radius 2 is 1.43 bits per heavy atom. The number of rotatable bonds is 2. The molecule has 3 aromatic carbocycles. The van der Waals surface area contributed by atoms with Crippen molar-refractivity contribution >= 4 is 23.2 Å². The van der Waals surface area contributed by atoms with E-state index in [1.807, 2.05) is 62.1 Å². The summed E-state index contributed by atoms with van der Waals surface area (Å²) < 4.78 is 0. The highest BCUT2D eigenvalue weighted by atomic mass is 35.5. The number of para-hydroxylation sites is 1. The van der Waals surface area contributed by atoms with Crippen LogP contribution in [0.15, 0.2) is 78.9 Å². The summed E-state index contributed by atoms with van der Waals surface area (Å²) >= 11 is 6.15. The van der Waals surface area contributed by atoms with Crippen molar-refractivity contribution in [2.24, 2.45) is 5.41 Å². The normalized spacial score (nSPS) is 18.8. The minimum Gasteiger partial charge on any atom is -0.303 e. The second kappa shape index (κ2) is 7.10. The van der Waals surface area contributed by atoms with Crippen LogP contribution in [0.5, 0.6) is 0 Å². The Morgan fingerprint density at radius 1 is 0.821 bits per heavy atom. The fourth-order valence-corrected chi connectivity index (χ4v) is 4.19. The molecule has 1 aliphatic heterocycles. The molecule has 0 spiro atoms. The standard InChI is InChI=1S/C25H24ClNO/c1-25(2,3)24(28)27-21-12-8-7-11-20(21)22(17-9-5-4-6-10-17)23(27)18-13-15-19(26)16-14-18/h4-16,22-23H,1-3H3/t22-,23+/m1/s1. The van der Waals surface area contributed by atoms with Crippen molar-refractivity contribution in [1.82, 2.24) is 0 Å². The molecule has 1 aliphatic rings. The van der Waals surface area contributed by atoms with Crippen LogP contribution in [0.3, 0.4) is 0 Å². The van der Waals surface area contributed by atoms with Crippen LogP contribution in [-0.4, -0.2) is 5.91 Å². The third kappa shape index (κ3) is 3.22. The van der Waals surface area contributed by atoms with E-state index in [1.165, 1.54) is 11.1 Å². The molecule has 0 aliphatic carbocycles. The van der Waals surface area contributed by atoms with E-state index >= 15 is 0 Å². The van der Waals surface area contributed by atoms with Crippen molar-refractivity contribution in [2.75, 3.05) is 4.90 Å². The minimum atomic E-state index is -0.483. The minimum absolute atomic E-state index is 0.0740. The number of halogens is 1. The molecule has 0 N–H and O–H groups in total. The molecule has 2 atom stereocenters. The van der Waals surface area contributed by atoms with Gasteiger partial charge in [-0.3, -0.25) is 4.79 Å². The Morgan fingerprint density at radius 3 is 2.07 bits per heavy atom. The van der Waals surface area contributed by atoms with Crippen LogP contribution >= 0.6 is 11.6 Å². The predicted octanol–water partition coefficient (Wildman–Crippen LogP) is 6.61. The van der Waals surface area contributed by atoms with Crippen molar-refractivity contribution < 1.29 is 4.79 Å². The van der Waals surface area contributed by atoms with E-state index in [0.717, 1.165) is 11.3 Å². The highest BCUT2D eigenvalue weighted by Gasteiger charge is 2.45. The predicted molar refractivity (Wildman–Crippen MR) is 116 cm³/mol. The fourth-order valence-electron chi connectivity index (χ4n) is 4.06. The van der Waals surface area contributed by atoms with Gasteiger partial charge in [0.2, 0.25) is 5.91 Å². The van der Waals surface area contributed by atoms with Crippen molar-refractivity contribution in [2.45, 2.75) is 32.7 Å². The fraction of sp³-hybridized carbons (Fsp3) is 0.240. The maximum Gasteiger partial charge on any atom is 0.232 e. The van der Waals surface area contributed by atoms with Gasteiger partial charge in [0.25, 0.3) is 0 Å². The lowest BCUT2D eigenvalue weighted by Crippen LogP contribution is -2.41. The lowest BCUT2D eigenvalue weighted by Gasteiger charge is -2.34. The maximum atomic E-state index is 13.6. The summed E-state index contributed by atoms with van der Waals surface area (Å²) in [7, 11) is 0. The lowest BCUT2D eigenvalue weighted by molar-refractivity contribution is -0.126. The molecule has 0 fully saturated rings. The molecule has 0 aromatic heterocycles. The van der Waals surface area contributed by atoms with Gasteiger partial charge in [0.15, 0.2) is 0 Å². The van der Waals surface area contributed by atoms with Gasteiger partial charge < -0.3 is 4.90 Å². The van der Waals surface area contributed by atoms with Gasteiger partial charge in [0.1, 0.15) is 0 Å². The van der Waals surface area contributed by atoms with Crippen LogP contribution in [-0.2, 0) is 4.79 Å². The Kier molecular flexibility index (Phi) is 4.76. The second-order valence-electron chi connectivity index (χ2n) is 8.37. The summed E-state index contributed by atoms with van der Waals surface area (Å²) in [5.41, 5.74) is 4.00. The van der Waals surface area contributed by atoms with E-state index in [-0.39, 0.29) is 17.9 Å². The molecular weight excluding hydrogens is 366 g/mol. The number of nitrogens with zero attached hydrogens (tertiary/aromatic N) is 1. The zero-order chi connectivity index (χ0) is 19.9. The number of benzene rings is 3. The van der Waals surface area contributed by atoms with E-state index < -0.39 is 5.41 Å². The monoisotopic (exact) mass is 389 g/mol. The molecule has 142 valence electrons. The first kappa shape index (κ1) is 18.8. The van der Waals surface area contributed by atoms with Crippen LogP contribution in [0.2, 0.25) is 5.02 Å².